The van der Waals surface area contributed by atoms with Crippen LogP contribution in [0.4, 0.5) is 0 Å². The van der Waals surface area contributed by atoms with Gasteiger partial charge in [-0.25, -0.2) is 4.98 Å². The minimum absolute atomic E-state index is 0.0688. The highest BCUT2D eigenvalue weighted by atomic mass is 16.1. The molecule has 22 heavy (non-hydrogen) atoms. The molecule has 3 aromatic rings. The Morgan fingerprint density at radius 2 is 1.77 bits per heavy atom. The van der Waals surface area contributed by atoms with Crippen molar-refractivity contribution in [2.24, 2.45) is 5.73 Å². The predicted molar refractivity (Wildman–Crippen MR) is 88.6 cm³/mol. The minimum atomic E-state index is -0.0688. The average molecular weight is 291 g/mol. The molecule has 2 aromatic carbocycles. The molecule has 2 N–H and O–H groups in total. The SMILES string of the molecule is NC=CCn1c(=O)c(Cc2ccccc2)nc2ccccc21. The number of nitrogens with two attached hydrogens (primary N) is 1. The van der Waals surface area contributed by atoms with Crippen LogP contribution in [0.2, 0.25) is 0 Å². The second kappa shape index (κ2) is 6.26. The molecule has 0 saturated carbocycles. The lowest BCUT2D eigenvalue weighted by molar-refractivity contribution is 0.785. The summed E-state index contributed by atoms with van der Waals surface area (Å²) >= 11 is 0. The first-order chi connectivity index (χ1) is 10.8. The van der Waals surface area contributed by atoms with E-state index in [0.29, 0.717) is 18.7 Å². The minimum Gasteiger partial charge on any atom is -0.405 e. The van der Waals surface area contributed by atoms with E-state index in [0.717, 1.165) is 16.6 Å². The van der Waals surface area contributed by atoms with Crippen molar-refractivity contribution < 1.29 is 0 Å². The van der Waals surface area contributed by atoms with E-state index in [1.54, 1.807) is 10.6 Å². The first kappa shape index (κ1) is 14.1. The molecule has 0 saturated heterocycles. The lowest BCUT2D eigenvalue weighted by Gasteiger charge is -2.10. The van der Waals surface area contributed by atoms with Crippen molar-refractivity contribution in [2.75, 3.05) is 0 Å². The lowest BCUT2D eigenvalue weighted by Crippen LogP contribution is -2.25. The van der Waals surface area contributed by atoms with Crippen LogP contribution < -0.4 is 11.3 Å². The maximum atomic E-state index is 12.7. The largest absolute Gasteiger partial charge is 0.405 e. The number of hydrogen-bond acceptors (Lipinski definition) is 3. The Balaban J connectivity index is 2.14. The molecule has 0 radical (unpaired) electrons. The fourth-order valence-corrected chi connectivity index (χ4v) is 2.50. The van der Waals surface area contributed by atoms with E-state index < -0.39 is 0 Å². The number of aromatic nitrogens is 2. The van der Waals surface area contributed by atoms with E-state index in [1.807, 2.05) is 54.6 Å². The summed E-state index contributed by atoms with van der Waals surface area (Å²) in [7, 11) is 0. The number of fused-ring (bicyclic) bond motifs is 1. The number of benzene rings is 2. The molecule has 4 heteroatoms. The van der Waals surface area contributed by atoms with Gasteiger partial charge in [0.1, 0.15) is 5.69 Å². The Kier molecular flexibility index (Phi) is 4.01. The summed E-state index contributed by atoms with van der Waals surface area (Å²) in [6.45, 7) is 0.445. The van der Waals surface area contributed by atoms with Crippen LogP contribution in [0, 0.1) is 0 Å². The highest BCUT2D eigenvalue weighted by Crippen LogP contribution is 2.12. The van der Waals surface area contributed by atoms with Crippen molar-refractivity contribution in [3.8, 4) is 0 Å². The van der Waals surface area contributed by atoms with Crippen LogP contribution in [0.25, 0.3) is 11.0 Å². The fourth-order valence-electron chi connectivity index (χ4n) is 2.50. The second-order valence-electron chi connectivity index (χ2n) is 5.05. The maximum absolute atomic E-state index is 12.7. The summed E-state index contributed by atoms with van der Waals surface area (Å²) < 4.78 is 1.71. The summed E-state index contributed by atoms with van der Waals surface area (Å²) in [6.07, 6.45) is 3.75. The summed E-state index contributed by atoms with van der Waals surface area (Å²) in [5.74, 6) is 0. The third-order valence-corrected chi connectivity index (χ3v) is 3.56. The Hall–Kier alpha value is -2.88. The van der Waals surface area contributed by atoms with Crippen LogP contribution >= 0.6 is 0 Å². The first-order valence-corrected chi connectivity index (χ1v) is 7.18. The molecule has 4 nitrogen and oxygen atoms in total. The summed E-state index contributed by atoms with van der Waals surface area (Å²) in [5.41, 5.74) is 8.62. The van der Waals surface area contributed by atoms with Gasteiger partial charge in [0.05, 0.1) is 11.0 Å². The van der Waals surface area contributed by atoms with E-state index in [-0.39, 0.29) is 5.56 Å². The van der Waals surface area contributed by atoms with E-state index >= 15 is 0 Å². The Labute approximate surface area is 128 Å². The molecule has 0 unspecified atom stereocenters. The van der Waals surface area contributed by atoms with Gasteiger partial charge >= 0.3 is 0 Å². The van der Waals surface area contributed by atoms with Crippen molar-refractivity contribution in [3.05, 3.63) is 88.5 Å². The van der Waals surface area contributed by atoms with E-state index in [2.05, 4.69) is 4.98 Å². The standard InChI is InChI=1S/C18H17N3O/c19-11-6-12-21-17-10-5-4-9-15(17)20-16(18(21)22)13-14-7-2-1-3-8-14/h1-11H,12-13,19H2. The molecule has 0 aliphatic heterocycles. The van der Waals surface area contributed by atoms with Crippen LogP contribution in [0.3, 0.4) is 0 Å². The molecule has 1 heterocycles. The van der Waals surface area contributed by atoms with E-state index in [9.17, 15) is 4.79 Å². The predicted octanol–water partition coefficient (Wildman–Crippen LogP) is 2.46. The van der Waals surface area contributed by atoms with Crippen molar-refractivity contribution in [3.63, 3.8) is 0 Å². The van der Waals surface area contributed by atoms with Crippen LogP contribution in [0.15, 0.2) is 71.7 Å². The highest BCUT2D eigenvalue weighted by molar-refractivity contribution is 5.74. The fraction of sp³-hybridized carbons (Fsp3) is 0.111. The molecule has 0 fully saturated rings. The molecule has 0 amide bonds. The lowest BCUT2D eigenvalue weighted by atomic mass is 10.1. The quantitative estimate of drug-likeness (QED) is 0.803. The smallest absolute Gasteiger partial charge is 0.273 e. The molecule has 0 bridgehead atoms. The monoisotopic (exact) mass is 291 g/mol. The average Bonchev–Trinajstić information content (AvgIpc) is 2.56. The Bertz CT molecular complexity index is 866. The van der Waals surface area contributed by atoms with Crippen molar-refractivity contribution >= 4 is 11.0 Å². The third kappa shape index (κ3) is 2.76. The van der Waals surface area contributed by atoms with Crippen molar-refractivity contribution in [1.29, 1.82) is 0 Å². The molecule has 1 aromatic heterocycles. The number of allylic oxidation sites excluding steroid dienone is 1. The van der Waals surface area contributed by atoms with Crippen molar-refractivity contribution in [1.82, 2.24) is 9.55 Å². The van der Waals surface area contributed by atoms with Gasteiger partial charge in [-0.1, -0.05) is 42.5 Å². The van der Waals surface area contributed by atoms with Gasteiger partial charge in [-0.2, -0.15) is 0 Å². The van der Waals surface area contributed by atoms with Crippen LogP contribution in [0.5, 0.6) is 0 Å². The third-order valence-electron chi connectivity index (χ3n) is 3.56. The second-order valence-corrected chi connectivity index (χ2v) is 5.05. The zero-order valence-corrected chi connectivity index (χ0v) is 12.1. The van der Waals surface area contributed by atoms with Gasteiger partial charge in [0, 0.05) is 13.0 Å². The van der Waals surface area contributed by atoms with Gasteiger partial charge in [-0.15, -0.1) is 0 Å². The highest BCUT2D eigenvalue weighted by Gasteiger charge is 2.10. The van der Waals surface area contributed by atoms with Crippen LogP contribution in [-0.2, 0) is 13.0 Å². The van der Waals surface area contributed by atoms with E-state index in [4.69, 9.17) is 5.73 Å². The van der Waals surface area contributed by atoms with Crippen LogP contribution in [0.1, 0.15) is 11.3 Å². The topological polar surface area (TPSA) is 60.9 Å². The van der Waals surface area contributed by atoms with Gasteiger partial charge in [0.2, 0.25) is 0 Å². The summed E-state index contributed by atoms with van der Waals surface area (Å²) in [6, 6.07) is 17.5. The van der Waals surface area contributed by atoms with Gasteiger partial charge in [-0.3, -0.25) is 4.79 Å². The van der Waals surface area contributed by atoms with Crippen LogP contribution in [-0.4, -0.2) is 9.55 Å². The zero-order valence-electron chi connectivity index (χ0n) is 12.1. The maximum Gasteiger partial charge on any atom is 0.273 e. The molecule has 0 atom stereocenters. The van der Waals surface area contributed by atoms with Gasteiger partial charge in [0.25, 0.3) is 5.56 Å². The number of rotatable bonds is 4. The Morgan fingerprint density at radius 3 is 2.55 bits per heavy atom. The van der Waals surface area contributed by atoms with Crippen molar-refractivity contribution in [2.45, 2.75) is 13.0 Å². The first-order valence-electron chi connectivity index (χ1n) is 7.18. The molecule has 110 valence electrons. The molecule has 0 aliphatic rings. The van der Waals surface area contributed by atoms with Gasteiger partial charge in [0.15, 0.2) is 0 Å². The molecule has 0 spiro atoms. The number of hydrogen-bond donors (Lipinski definition) is 1. The van der Waals surface area contributed by atoms with Gasteiger partial charge < -0.3 is 10.3 Å². The summed E-state index contributed by atoms with van der Waals surface area (Å²) in [5, 5.41) is 0. The normalized spacial score (nSPS) is 11.3. The molecular formula is C18H17N3O. The van der Waals surface area contributed by atoms with Gasteiger partial charge in [-0.05, 0) is 30.0 Å². The van der Waals surface area contributed by atoms with E-state index in [1.165, 1.54) is 6.20 Å². The zero-order chi connectivity index (χ0) is 15.4. The molecular weight excluding hydrogens is 274 g/mol. The summed E-state index contributed by atoms with van der Waals surface area (Å²) in [4.78, 5) is 17.3. The molecule has 3 rings (SSSR count). The number of nitrogens with zero attached hydrogens (tertiary/aromatic N) is 2. The Morgan fingerprint density at radius 1 is 1.05 bits per heavy atom. The molecule has 0 aliphatic carbocycles. The number of para-hydroxylation sites is 2.